The number of carbonyl (C=O) groups excluding carboxylic acids is 1. The normalized spacial score (nSPS) is 31.9. The minimum absolute atomic E-state index is 0.0207. The van der Waals surface area contributed by atoms with Crippen LogP contribution in [-0.4, -0.2) is 22.3 Å². The molecule has 2 aromatic carbocycles. The number of rotatable bonds is 4. The van der Waals surface area contributed by atoms with E-state index in [2.05, 4.69) is 41.7 Å². The molecule has 2 aromatic rings. The number of benzene rings is 2. The average molecular weight is 405 g/mol. The number of carbonyl (C=O) groups is 1. The predicted octanol–water partition coefficient (Wildman–Crippen LogP) is 4.39. The molecule has 0 heterocycles. The van der Waals surface area contributed by atoms with Crippen LogP contribution in [0.3, 0.4) is 0 Å². The molecule has 156 valence electrons. The van der Waals surface area contributed by atoms with Crippen LogP contribution in [0.5, 0.6) is 11.5 Å². The fraction of sp³-hybridized carbons (Fsp3) is 0.440. The standard InChI is InChI=1S/C25H28N2O3/c1-16-2-5-20(6-3-16)24-10-18-8-19(11-24)13-25(12-18,15-24)23(30)27-26-14-17-4-7-21(28)22(29)9-17/h2-7,9,14,18-19,28-29H,8,10-13,15H2,1H3,(H,27,30)/b26-14-/t18-,19-,24?,25?/m1/s1. The van der Waals surface area contributed by atoms with E-state index in [1.54, 1.807) is 6.07 Å². The first-order valence-corrected chi connectivity index (χ1v) is 10.8. The first-order valence-electron chi connectivity index (χ1n) is 10.8. The third-order valence-corrected chi connectivity index (χ3v) is 7.59. The number of nitrogens with one attached hydrogen (secondary N) is 1. The number of aromatic hydroxyl groups is 2. The molecule has 6 rings (SSSR count). The second-order valence-corrected chi connectivity index (χ2v) is 9.83. The lowest BCUT2D eigenvalue weighted by molar-refractivity contribution is -0.149. The van der Waals surface area contributed by atoms with Gasteiger partial charge >= 0.3 is 0 Å². The molecule has 2 atom stereocenters. The largest absolute Gasteiger partial charge is 0.504 e. The van der Waals surface area contributed by atoms with Crippen molar-refractivity contribution in [3.8, 4) is 11.5 Å². The smallest absolute Gasteiger partial charge is 0.246 e. The van der Waals surface area contributed by atoms with Crippen LogP contribution in [0.2, 0.25) is 0 Å². The van der Waals surface area contributed by atoms with Gasteiger partial charge in [-0.3, -0.25) is 4.79 Å². The quantitative estimate of drug-likeness (QED) is 0.401. The van der Waals surface area contributed by atoms with Crippen molar-refractivity contribution in [1.29, 1.82) is 0 Å². The van der Waals surface area contributed by atoms with Gasteiger partial charge in [0.15, 0.2) is 11.5 Å². The summed E-state index contributed by atoms with van der Waals surface area (Å²) in [6.07, 6.45) is 7.95. The Labute approximate surface area is 176 Å². The zero-order chi connectivity index (χ0) is 20.9. The second kappa shape index (κ2) is 6.86. The number of nitrogens with zero attached hydrogens (tertiary/aromatic N) is 1. The van der Waals surface area contributed by atoms with Gasteiger partial charge in [-0.05, 0) is 92.0 Å². The fourth-order valence-corrected chi connectivity index (χ4v) is 6.68. The molecule has 30 heavy (non-hydrogen) atoms. The Hall–Kier alpha value is -2.82. The van der Waals surface area contributed by atoms with Crippen LogP contribution in [0.1, 0.15) is 55.2 Å². The van der Waals surface area contributed by atoms with E-state index >= 15 is 0 Å². The summed E-state index contributed by atoms with van der Waals surface area (Å²) < 4.78 is 0. The van der Waals surface area contributed by atoms with Gasteiger partial charge in [-0.2, -0.15) is 5.10 Å². The van der Waals surface area contributed by atoms with E-state index in [4.69, 9.17) is 0 Å². The van der Waals surface area contributed by atoms with Gasteiger partial charge in [-0.25, -0.2) is 5.43 Å². The number of aryl methyl sites for hydroxylation is 1. The minimum Gasteiger partial charge on any atom is -0.504 e. The van der Waals surface area contributed by atoms with Crippen LogP contribution in [0.4, 0.5) is 0 Å². The lowest BCUT2D eigenvalue weighted by Crippen LogP contribution is -2.58. The lowest BCUT2D eigenvalue weighted by Gasteiger charge is -2.61. The molecular formula is C25H28N2O3. The van der Waals surface area contributed by atoms with E-state index in [0.717, 1.165) is 19.3 Å². The van der Waals surface area contributed by atoms with Crippen LogP contribution in [0.25, 0.3) is 0 Å². The summed E-state index contributed by atoms with van der Waals surface area (Å²) in [7, 11) is 0. The molecule has 4 aliphatic carbocycles. The minimum atomic E-state index is -0.344. The highest BCUT2D eigenvalue weighted by Gasteiger charge is 2.60. The number of hydrogen-bond acceptors (Lipinski definition) is 4. The van der Waals surface area contributed by atoms with E-state index in [9.17, 15) is 15.0 Å². The summed E-state index contributed by atoms with van der Waals surface area (Å²) in [5.74, 6) is 0.859. The van der Waals surface area contributed by atoms with Gasteiger partial charge in [-0.15, -0.1) is 0 Å². The van der Waals surface area contributed by atoms with Crippen LogP contribution >= 0.6 is 0 Å². The van der Waals surface area contributed by atoms with Gasteiger partial charge in [0.05, 0.1) is 11.6 Å². The number of phenolic OH excluding ortho intramolecular Hbond substituents is 2. The summed E-state index contributed by atoms with van der Waals surface area (Å²) in [6, 6.07) is 13.4. The van der Waals surface area contributed by atoms with E-state index in [0.29, 0.717) is 17.4 Å². The van der Waals surface area contributed by atoms with Crippen molar-refractivity contribution in [2.45, 2.75) is 50.9 Å². The molecule has 5 heteroatoms. The van der Waals surface area contributed by atoms with Crippen LogP contribution in [0, 0.1) is 24.2 Å². The Balaban J connectivity index is 1.37. The van der Waals surface area contributed by atoms with Gasteiger partial charge in [0.2, 0.25) is 5.91 Å². The van der Waals surface area contributed by atoms with Crippen molar-refractivity contribution in [1.82, 2.24) is 5.43 Å². The van der Waals surface area contributed by atoms with Crippen LogP contribution < -0.4 is 5.43 Å². The number of hydrazone groups is 1. The predicted molar refractivity (Wildman–Crippen MR) is 115 cm³/mol. The van der Waals surface area contributed by atoms with Gasteiger partial charge in [0, 0.05) is 0 Å². The SMILES string of the molecule is Cc1ccc(C23C[C@H]4C[C@@H](CC(C(=O)N/N=C\c5ccc(O)c(O)c5)(C4)C2)C3)cc1. The third-order valence-electron chi connectivity index (χ3n) is 7.59. The molecule has 0 aliphatic heterocycles. The second-order valence-electron chi connectivity index (χ2n) is 9.83. The molecule has 4 aliphatic rings. The molecule has 4 bridgehead atoms. The van der Waals surface area contributed by atoms with Gasteiger partial charge in [0.25, 0.3) is 0 Å². The van der Waals surface area contributed by atoms with Crippen LogP contribution in [-0.2, 0) is 10.2 Å². The maximum absolute atomic E-state index is 13.3. The van der Waals surface area contributed by atoms with Gasteiger partial charge in [0.1, 0.15) is 0 Å². The molecule has 0 saturated heterocycles. The summed E-state index contributed by atoms with van der Waals surface area (Å²) in [4.78, 5) is 13.3. The van der Waals surface area contributed by atoms with E-state index in [1.807, 2.05) is 0 Å². The van der Waals surface area contributed by atoms with E-state index in [1.165, 1.54) is 48.7 Å². The summed E-state index contributed by atoms with van der Waals surface area (Å²) in [5.41, 5.74) is 5.83. The average Bonchev–Trinajstić information content (AvgIpc) is 2.70. The van der Waals surface area contributed by atoms with Crippen molar-refractivity contribution in [3.63, 3.8) is 0 Å². The first kappa shape index (κ1) is 19.2. The summed E-state index contributed by atoms with van der Waals surface area (Å²) >= 11 is 0. The zero-order valence-electron chi connectivity index (χ0n) is 17.3. The van der Waals surface area contributed by atoms with Gasteiger partial charge in [-0.1, -0.05) is 29.8 Å². The monoisotopic (exact) mass is 404 g/mol. The molecular weight excluding hydrogens is 376 g/mol. The maximum Gasteiger partial charge on any atom is 0.246 e. The molecule has 0 radical (unpaired) electrons. The van der Waals surface area contributed by atoms with Crippen molar-refractivity contribution in [2.75, 3.05) is 0 Å². The Morgan fingerprint density at radius 2 is 1.73 bits per heavy atom. The Morgan fingerprint density at radius 3 is 2.40 bits per heavy atom. The number of hydrogen-bond donors (Lipinski definition) is 3. The van der Waals surface area contributed by atoms with Gasteiger partial charge < -0.3 is 10.2 Å². The Morgan fingerprint density at radius 1 is 1.03 bits per heavy atom. The summed E-state index contributed by atoms with van der Waals surface area (Å²) in [5, 5.41) is 23.2. The molecule has 4 saturated carbocycles. The highest BCUT2D eigenvalue weighted by atomic mass is 16.3. The first-order chi connectivity index (χ1) is 14.4. The Bertz CT molecular complexity index is 998. The molecule has 0 aromatic heterocycles. The highest BCUT2D eigenvalue weighted by molar-refractivity contribution is 5.86. The van der Waals surface area contributed by atoms with Crippen LogP contribution in [0.15, 0.2) is 47.6 Å². The fourth-order valence-electron chi connectivity index (χ4n) is 6.68. The molecule has 4 fully saturated rings. The molecule has 3 N–H and O–H groups in total. The Kier molecular flexibility index (Phi) is 4.38. The summed E-state index contributed by atoms with van der Waals surface area (Å²) in [6.45, 7) is 2.12. The van der Waals surface area contributed by atoms with Crippen molar-refractivity contribution in [3.05, 3.63) is 59.2 Å². The molecule has 0 spiro atoms. The van der Waals surface area contributed by atoms with E-state index in [-0.39, 0.29) is 28.2 Å². The van der Waals surface area contributed by atoms with E-state index < -0.39 is 0 Å². The zero-order valence-corrected chi connectivity index (χ0v) is 17.3. The lowest BCUT2D eigenvalue weighted by atomic mass is 9.42. The number of phenols is 2. The maximum atomic E-state index is 13.3. The molecule has 5 nitrogen and oxygen atoms in total. The van der Waals surface area contributed by atoms with Crippen molar-refractivity contribution in [2.24, 2.45) is 22.4 Å². The molecule has 0 unspecified atom stereocenters. The topological polar surface area (TPSA) is 81.9 Å². The highest BCUT2D eigenvalue weighted by Crippen LogP contribution is 2.65. The van der Waals surface area contributed by atoms with Crippen molar-refractivity contribution >= 4 is 12.1 Å². The molecule has 1 amide bonds. The van der Waals surface area contributed by atoms with Crippen molar-refractivity contribution < 1.29 is 15.0 Å². The number of amides is 1. The third kappa shape index (κ3) is 3.17.